The van der Waals surface area contributed by atoms with Gasteiger partial charge in [0, 0.05) is 5.92 Å². The molecule has 0 spiro atoms. The van der Waals surface area contributed by atoms with Crippen molar-refractivity contribution >= 4 is 0 Å². The fraction of sp³-hybridized carbons (Fsp3) is 0.857. The van der Waals surface area contributed by atoms with Gasteiger partial charge in [-0.3, -0.25) is 0 Å². The maximum atomic E-state index is 9.94. The average molecular weight is 228 g/mol. The fourth-order valence-corrected chi connectivity index (χ4v) is 2.10. The smallest absolute Gasteiger partial charge is 0.0627 e. The van der Waals surface area contributed by atoms with E-state index >= 15 is 0 Å². The van der Waals surface area contributed by atoms with Crippen molar-refractivity contribution in [2.75, 3.05) is 0 Å². The second-order valence-electron chi connectivity index (χ2n) is 4.58. The molecule has 0 aromatic heterocycles. The van der Waals surface area contributed by atoms with E-state index in [1.807, 2.05) is 6.92 Å². The van der Waals surface area contributed by atoms with Gasteiger partial charge in [-0.15, -0.1) is 6.58 Å². The summed E-state index contributed by atoms with van der Waals surface area (Å²) in [5.74, 6) is 0.0138. The molecule has 0 radical (unpaired) electrons. The first-order chi connectivity index (χ1) is 7.67. The Labute approximate surface area is 100 Å². The van der Waals surface area contributed by atoms with E-state index in [2.05, 4.69) is 13.5 Å². The number of aliphatic hydroxyl groups excluding tert-OH is 2. The van der Waals surface area contributed by atoms with Crippen LogP contribution in [0.3, 0.4) is 0 Å². The Balaban J connectivity index is 4.04. The van der Waals surface area contributed by atoms with Gasteiger partial charge in [0.1, 0.15) is 0 Å². The van der Waals surface area contributed by atoms with Crippen LogP contribution in [0, 0.1) is 5.92 Å². The molecule has 2 heteroatoms. The zero-order valence-electron chi connectivity index (χ0n) is 10.9. The molecule has 0 saturated heterocycles. The van der Waals surface area contributed by atoms with Crippen LogP contribution in [0.15, 0.2) is 12.7 Å². The number of hydrogen-bond acceptors (Lipinski definition) is 2. The molecule has 0 aliphatic rings. The van der Waals surface area contributed by atoms with Gasteiger partial charge in [0.15, 0.2) is 0 Å². The summed E-state index contributed by atoms with van der Waals surface area (Å²) in [6, 6.07) is 0. The fourth-order valence-electron chi connectivity index (χ4n) is 2.10. The highest BCUT2D eigenvalue weighted by atomic mass is 16.3. The van der Waals surface area contributed by atoms with E-state index in [1.165, 1.54) is 19.3 Å². The number of rotatable bonds is 10. The third-order valence-corrected chi connectivity index (χ3v) is 3.21. The Kier molecular flexibility index (Phi) is 9.65. The van der Waals surface area contributed by atoms with Crippen LogP contribution >= 0.6 is 0 Å². The Morgan fingerprint density at radius 1 is 1.06 bits per heavy atom. The Bertz CT molecular complexity index is 168. The molecule has 0 rings (SSSR count). The molecule has 0 saturated carbocycles. The minimum absolute atomic E-state index is 0.0138. The zero-order chi connectivity index (χ0) is 12.4. The summed E-state index contributed by atoms with van der Waals surface area (Å²) in [7, 11) is 0. The summed E-state index contributed by atoms with van der Waals surface area (Å²) in [5, 5.41) is 19.8. The number of aliphatic hydroxyl groups is 2. The van der Waals surface area contributed by atoms with Crippen molar-refractivity contribution in [2.24, 2.45) is 5.92 Å². The first-order valence-corrected chi connectivity index (χ1v) is 6.64. The van der Waals surface area contributed by atoms with E-state index < -0.39 is 6.10 Å². The molecule has 0 aliphatic carbocycles. The first kappa shape index (κ1) is 15.7. The van der Waals surface area contributed by atoms with Gasteiger partial charge in [-0.1, -0.05) is 45.6 Å². The van der Waals surface area contributed by atoms with Crippen LogP contribution in [-0.4, -0.2) is 22.4 Å². The molecule has 0 heterocycles. The van der Waals surface area contributed by atoms with Gasteiger partial charge < -0.3 is 10.2 Å². The van der Waals surface area contributed by atoms with Crippen molar-refractivity contribution in [1.29, 1.82) is 0 Å². The molecule has 0 amide bonds. The van der Waals surface area contributed by atoms with E-state index in [-0.39, 0.29) is 12.0 Å². The minimum atomic E-state index is -0.436. The van der Waals surface area contributed by atoms with Crippen molar-refractivity contribution in [2.45, 2.75) is 71.0 Å². The van der Waals surface area contributed by atoms with Crippen LogP contribution in [0.1, 0.15) is 58.8 Å². The molecule has 16 heavy (non-hydrogen) atoms. The van der Waals surface area contributed by atoms with Gasteiger partial charge in [-0.25, -0.2) is 0 Å². The van der Waals surface area contributed by atoms with Crippen molar-refractivity contribution in [3.05, 3.63) is 12.7 Å². The summed E-state index contributed by atoms with van der Waals surface area (Å²) in [6.45, 7) is 7.78. The summed E-state index contributed by atoms with van der Waals surface area (Å²) in [5.41, 5.74) is 0. The zero-order valence-corrected chi connectivity index (χ0v) is 10.9. The van der Waals surface area contributed by atoms with Crippen LogP contribution in [0.4, 0.5) is 0 Å². The van der Waals surface area contributed by atoms with E-state index in [9.17, 15) is 10.2 Å². The lowest BCUT2D eigenvalue weighted by atomic mass is 9.87. The Morgan fingerprint density at radius 3 is 2.25 bits per heavy atom. The summed E-state index contributed by atoms with van der Waals surface area (Å²) >= 11 is 0. The summed E-state index contributed by atoms with van der Waals surface area (Å²) < 4.78 is 0. The molecule has 2 nitrogen and oxygen atoms in total. The van der Waals surface area contributed by atoms with Crippen molar-refractivity contribution in [1.82, 2.24) is 0 Å². The molecule has 0 fully saturated rings. The highest BCUT2D eigenvalue weighted by Crippen LogP contribution is 2.22. The van der Waals surface area contributed by atoms with Gasteiger partial charge in [0.2, 0.25) is 0 Å². The molecule has 0 aliphatic heterocycles. The quantitative estimate of drug-likeness (QED) is 0.445. The number of unbranched alkanes of at least 4 members (excludes halogenated alkanes) is 3. The van der Waals surface area contributed by atoms with E-state index in [1.54, 1.807) is 6.08 Å². The predicted octanol–water partition coefficient (Wildman–Crippen LogP) is 3.28. The molecule has 0 unspecified atom stereocenters. The van der Waals surface area contributed by atoms with E-state index in [0.29, 0.717) is 12.8 Å². The van der Waals surface area contributed by atoms with Gasteiger partial charge in [0.25, 0.3) is 0 Å². The molecule has 3 atom stereocenters. The van der Waals surface area contributed by atoms with Gasteiger partial charge in [-0.2, -0.15) is 0 Å². The van der Waals surface area contributed by atoms with Crippen LogP contribution in [0.2, 0.25) is 0 Å². The number of hydrogen-bond donors (Lipinski definition) is 2. The van der Waals surface area contributed by atoms with Crippen LogP contribution < -0.4 is 0 Å². The maximum Gasteiger partial charge on any atom is 0.0627 e. The summed E-state index contributed by atoms with van der Waals surface area (Å²) in [6.07, 6.45) is 7.89. The maximum absolute atomic E-state index is 9.94. The van der Waals surface area contributed by atoms with E-state index in [0.717, 1.165) is 12.8 Å². The molecule has 96 valence electrons. The predicted molar refractivity (Wildman–Crippen MR) is 69.4 cm³/mol. The van der Waals surface area contributed by atoms with E-state index in [4.69, 9.17) is 0 Å². The standard InChI is InChI=1S/C14H28O2/c1-4-7-8-9-11-12(13(15)6-3)14(16)10-5-2/h5,12-16H,2,4,6-11H2,1,3H3/t12-,13-,14-/m1/s1. The minimum Gasteiger partial charge on any atom is -0.393 e. The monoisotopic (exact) mass is 228 g/mol. The van der Waals surface area contributed by atoms with Crippen molar-refractivity contribution in [3.63, 3.8) is 0 Å². The SMILES string of the molecule is C=CC[C@@H](O)[C@H](CCCCCC)[C@H](O)CC. The van der Waals surface area contributed by atoms with Gasteiger partial charge >= 0.3 is 0 Å². The van der Waals surface area contributed by atoms with Crippen LogP contribution in [0.5, 0.6) is 0 Å². The second-order valence-corrected chi connectivity index (χ2v) is 4.58. The Morgan fingerprint density at radius 2 is 1.75 bits per heavy atom. The molecule has 0 bridgehead atoms. The van der Waals surface area contributed by atoms with Gasteiger partial charge in [-0.05, 0) is 19.3 Å². The third-order valence-electron chi connectivity index (χ3n) is 3.21. The molecule has 0 aromatic carbocycles. The van der Waals surface area contributed by atoms with Gasteiger partial charge in [0.05, 0.1) is 12.2 Å². The second kappa shape index (κ2) is 9.86. The molecule has 0 aromatic rings. The van der Waals surface area contributed by atoms with Crippen LogP contribution in [0.25, 0.3) is 0 Å². The normalized spacial score (nSPS) is 16.8. The molecular weight excluding hydrogens is 200 g/mol. The molecule has 2 N–H and O–H groups in total. The summed E-state index contributed by atoms with van der Waals surface area (Å²) in [4.78, 5) is 0. The Hall–Kier alpha value is -0.340. The van der Waals surface area contributed by atoms with Crippen LogP contribution in [-0.2, 0) is 0 Å². The first-order valence-electron chi connectivity index (χ1n) is 6.64. The topological polar surface area (TPSA) is 40.5 Å². The van der Waals surface area contributed by atoms with Crippen molar-refractivity contribution < 1.29 is 10.2 Å². The lowest BCUT2D eigenvalue weighted by Crippen LogP contribution is -2.31. The third kappa shape index (κ3) is 6.29. The highest BCUT2D eigenvalue weighted by Gasteiger charge is 2.24. The lowest BCUT2D eigenvalue weighted by Gasteiger charge is -2.26. The lowest BCUT2D eigenvalue weighted by molar-refractivity contribution is 0.00668. The molecular formula is C14H28O2. The van der Waals surface area contributed by atoms with Crippen molar-refractivity contribution in [3.8, 4) is 0 Å². The average Bonchev–Trinajstić information content (AvgIpc) is 2.28. The highest BCUT2D eigenvalue weighted by molar-refractivity contribution is 4.81. The largest absolute Gasteiger partial charge is 0.393 e.